The number of hydrogen-bond donors (Lipinski definition) is 2. The second-order valence-electron chi connectivity index (χ2n) is 16.1. The fraction of sp³-hybridized carbons (Fsp3) is 0.789. The van der Waals surface area contributed by atoms with E-state index in [0.29, 0.717) is 41.4 Å². The molecule has 2 aliphatic heterocycles. The van der Waals surface area contributed by atoms with Gasteiger partial charge < -0.3 is 29.4 Å². The van der Waals surface area contributed by atoms with E-state index in [9.17, 15) is 14.7 Å². The van der Waals surface area contributed by atoms with Crippen molar-refractivity contribution in [1.82, 2.24) is 5.32 Å². The minimum Gasteiger partial charge on any atom is -0.497 e. The fourth-order valence-electron chi connectivity index (χ4n) is 11.1. The first-order valence-corrected chi connectivity index (χ1v) is 18.2. The lowest BCUT2D eigenvalue weighted by Gasteiger charge is -2.51. The molecular formula is C38H55NO7. The van der Waals surface area contributed by atoms with E-state index in [1.165, 1.54) is 17.5 Å². The highest BCUT2D eigenvalue weighted by atomic mass is 16.8. The first kappa shape index (κ1) is 32.4. The van der Waals surface area contributed by atoms with Crippen molar-refractivity contribution < 1.29 is 33.6 Å². The third-order valence-electron chi connectivity index (χ3n) is 13.7. The van der Waals surface area contributed by atoms with Crippen molar-refractivity contribution in [3.05, 3.63) is 29.3 Å². The van der Waals surface area contributed by atoms with Gasteiger partial charge in [-0.25, -0.2) is 0 Å². The van der Waals surface area contributed by atoms with Gasteiger partial charge in [0.1, 0.15) is 5.75 Å². The first-order valence-electron chi connectivity index (χ1n) is 18.2. The summed E-state index contributed by atoms with van der Waals surface area (Å²) < 4.78 is 24.1. The van der Waals surface area contributed by atoms with Crippen molar-refractivity contribution in [2.45, 2.75) is 135 Å². The Morgan fingerprint density at radius 2 is 1.80 bits per heavy atom. The van der Waals surface area contributed by atoms with E-state index in [-0.39, 0.29) is 48.5 Å². The molecule has 2 N–H and O–H groups in total. The zero-order chi connectivity index (χ0) is 32.3. The largest absolute Gasteiger partial charge is 0.497 e. The number of nitrogens with one attached hydrogen (secondary N) is 1. The predicted octanol–water partition coefficient (Wildman–Crippen LogP) is 6.13. The van der Waals surface area contributed by atoms with Crippen LogP contribution in [0.2, 0.25) is 0 Å². The molecule has 254 valence electrons. The summed E-state index contributed by atoms with van der Waals surface area (Å²) >= 11 is 0. The standard InChI is InChI=1S/C38H55NO7/c1-20-6-10-26-22(3)36(46-37-34(26)25(20)11-7-21(2)44-37)45-33(41)15-14-32(40)39-31-19-30-29-12-8-23-18-24(43-5)9-13-27(23)28(29)16-17-38(30,4)35(31)42/h9,13,18,20-22,25-26,28-31,34-37,42H,6-8,10-12,14-17,19H2,1-5H3,(H,39,40)/t20-,21+,22-,25+,26+,28?,29-,30?,31-,34?,35+,36-,37+,38+/m1/s1. The summed E-state index contributed by atoms with van der Waals surface area (Å²) in [6, 6.07) is 6.20. The monoisotopic (exact) mass is 637 g/mol. The van der Waals surface area contributed by atoms with Gasteiger partial charge in [-0.15, -0.1) is 0 Å². The highest BCUT2D eigenvalue weighted by molar-refractivity contribution is 5.81. The maximum atomic E-state index is 13.2. The van der Waals surface area contributed by atoms with Gasteiger partial charge >= 0.3 is 5.97 Å². The Hall–Kier alpha value is -2.16. The van der Waals surface area contributed by atoms with Crippen LogP contribution in [0.15, 0.2) is 18.2 Å². The molecule has 5 fully saturated rings. The van der Waals surface area contributed by atoms with Gasteiger partial charge in [0.2, 0.25) is 12.2 Å². The molecule has 1 aromatic carbocycles. The topological polar surface area (TPSA) is 103 Å². The maximum absolute atomic E-state index is 13.2. The maximum Gasteiger partial charge on any atom is 0.308 e. The Labute approximate surface area is 274 Å². The molecular weight excluding hydrogens is 582 g/mol. The van der Waals surface area contributed by atoms with E-state index in [0.717, 1.165) is 57.1 Å². The number of methoxy groups -OCH3 is 1. The summed E-state index contributed by atoms with van der Waals surface area (Å²) in [6.45, 7) is 8.83. The van der Waals surface area contributed by atoms with Gasteiger partial charge in [0.15, 0.2) is 6.29 Å². The second kappa shape index (κ2) is 12.7. The minimum absolute atomic E-state index is 0.0114. The molecule has 3 saturated carbocycles. The van der Waals surface area contributed by atoms with Crippen molar-refractivity contribution in [1.29, 1.82) is 0 Å². The molecule has 0 radical (unpaired) electrons. The van der Waals surface area contributed by atoms with E-state index in [4.69, 9.17) is 18.9 Å². The van der Waals surface area contributed by atoms with Crippen LogP contribution in [0.1, 0.15) is 109 Å². The summed E-state index contributed by atoms with van der Waals surface area (Å²) in [6.07, 6.45) is 7.91. The zero-order valence-electron chi connectivity index (χ0n) is 28.4. The molecule has 8 nitrogen and oxygen atoms in total. The van der Waals surface area contributed by atoms with E-state index < -0.39 is 18.4 Å². The number of amides is 1. The second-order valence-corrected chi connectivity index (χ2v) is 16.1. The molecule has 2 saturated heterocycles. The first-order chi connectivity index (χ1) is 22.1. The number of carbonyl (C=O) groups excluding carboxylic acids is 2. The van der Waals surface area contributed by atoms with E-state index in [1.807, 2.05) is 0 Å². The molecule has 6 aliphatic rings. The number of fused-ring (bicyclic) bond motifs is 5. The number of hydrogen-bond acceptors (Lipinski definition) is 7. The van der Waals surface area contributed by atoms with Crippen molar-refractivity contribution in [2.75, 3.05) is 7.11 Å². The van der Waals surface area contributed by atoms with Gasteiger partial charge in [-0.05, 0) is 122 Å². The zero-order valence-corrected chi connectivity index (χ0v) is 28.4. The van der Waals surface area contributed by atoms with Crippen LogP contribution in [0.25, 0.3) is 0 Å². The molecule has 3 unspecified atom stereocenters. The number of carbonyl (C=O) groups is 2. The third-order valence-corrected chi connectivity index (χ3v) is 13.7. The Morgan fingerprint density at radius 3 is 2.61 bits per heavy atom. The number of ether oxygens (including phenoxy) is 4. The normalized spacial score (nSPS) is 44.4. The minimum atomic E-state index is -0.657. The van der Waals surface area contributed by atoms with Gasteiger partial charge in [0.25, 0.3) is 0 Å². The van der Waals surface area contributed by atoms with Gasteiger partial charge in [-0.3, -0.25) is 9.59 Å². The Kier molecular flexibility index (Phi) is 8.94. The average molecular weight is 638 g/mol. The fourth-order valence-corrected chi connectivity index (χ4v) is 11.1. The number of benzene rings is 1. The predicted molar refractivity (Wildman–Crippen MR) is 173 cm³/mol. The number of aryl methyl sites for hydroxylation is 1. The number of aliphatic hydroxyl groups excluding tert-OH is 1. The summed E-state index contributed by atoms with van der Waals surface area (Å²) in [5.41, 5.74) is 2.60. The van der Waals surface area contributed by atoms with Crippen LogP contribution in [0.4, 0.5) is 0 Å². The third kappa shape index (κ3) is 5.68. The average Bonchev–Trinajstić information content (AvgIpc) is 3.17. The van der Waals surface area contributed by atoms with Crippen molar-refractivity contribution in [3.8, 4) is 5.75 Å². The molecule has 0 spiro atoms. The lowest BCUT2D eigenvalue weighted by molar-refractivity contribution is -0.325. The van der Waals surface area contributed by atoms with Crippen molar-refractivity contribution in [3.63, 3.8) is 0 Å². The van der Waals surface area contributed by atoms with Crippen molar-refractivity contribution in [2.24, 2.45) is 46.8 Å². The highest BCUT2D eigenvalue weighted by Gasteiger charge is 2.58. The van der Waals surface area contributed by atoms with Crippen LogP contribution in [0, 0.1) is 46.8 Å². The number of rotatable bonds is 6. The molecule has 4 aliphatic carbocycles. The quantitative estimate of drug-likeness (QED) is 0.362. The van der Waals surface area contributed by atoms with Crippen LogP contribution < -0.4 is 10.1 Å². The Morgan fingerprint density at radius 1 is 1.00 bits per heavy atom. The number of esters is 1. The van der Waals surface area contributed by atoms with Crippen LogP contribution in [0.5, 0.6) is 5.75 Å². The van der Waals surface area contributed by atoms with E-state index in [1.54, 1.807) is 7.11 Å². The van der Waals surface area contributed by atoms with Crippen LogP contribution in [0.3, 0.4) is 0 Å². The van der Waals surface area contributed by atoms with Gasteiger partial charge in [-0.2, -0.15) is 0 Å². The summed E-state index contributed by atoms with van der Waals surface area (Å²) in [7, 11) is 1.72. The molecule has 14 atom stereocenters. The molecule has 46 heavy (non-hydrogen) atoms. The van der Waals surface area contributed by atoms with Gasteiger partial charge in [-0.1, -0.05) is 33.3 Å². The summed E-state index contributed by atoms with van der Waals surface area (Å²) in [5.74, 6) is 3.68. The smallest absolute Gasteiger partial charge is 0.308 e. The molecule has 2 heterocycles. The number of aliphatic hydroxyl groups is 1. The molecule has 1 aromatic rings. The van der Waals surface area contributed by atoms with E-state index in [2.05, 4.69) is 51.2 Å². The molecule has 1 amide bonds. The SMILES string of the molecule is COc1ccc2c(c1)CC[C@@H]1C2CC[C@@]2(C)C1C[C@@H](NC(=O)CCC(=O)O[C@@H]1O[C@@H]3O[C@@H](C)CC[C@@H]4C3[C@@H](CC[C@H]4C)[C@H]1C)[C@@H]2O. The molecule has 8 heteroatoms. The summed E-state index contributed by atoms with van der Waals surface area (Å²) in [5, 5.41) is 14.7. The molecule has 0 bridgehead atoms. The van der Waals surface area contributed by atoms with E-state index >= 15 is 0 Å². The molecule has 7 rings (SSSR count). The Bertz CT molecular complexity index is 1300. The highest BCUT2D eigenvalue weighted by Crippen LogP contribution is 2.61. The van der Waals surface area contributed by atoms with Crippen LogP contribution in [-0.4, -0.2) is 54.9 Å². The lowest BCUT2D eigenvalue weighted by atomic mass is 9.55. The lowest BCUT2D eigenvalue weighted by Crippen LogP contribution is -2.54. The van der Waals surface area contributed by atoms with Gasteiger partial charge in [0.05, 0.1) is 31.8 Å². The van der Waals surface area contributed by atoms with Crippen LogP contribution in [-0.2, 0) is 30.2 Å². The Balaban J connectivity index is 0.937. The van der Waals surface area contributed by atoms with Crippen molar-refractivity contribution >= 4 is 11.9 Å². The van der Waals surface area contributed by atoms with Crippen LogP contribution >= 0.6 is 0 Å². The summed E-state index contributed by atoms with van der Waals surface area (Å²) in [4.78, 5) is 26.2. The molecule has 0 aromatic heterocycles. The van der Waals surface area contributed by atoms with Gasteiger partial charge in [0, 0.05) is 18.3 Å².